The molecule has 0 saturated carbocycles. The van der Waals surface area contributed by atoms with Crippen molar-refractivity contribution in [3.63, 3.8) is 0 Å². The average molecular weight is 235 g/mol. The van der Waals surface area contributed by atoms with Gasteiger partial charge in [0.05, 0.1) is 0 Å². The van der Waals surface area contributed by atoms with Crippen molar-refractivity contribution < 1.29 is 39.1 Å². The maximum absolute atomic E-state index is 7.50. The summed E-state index contributed by atoms with van der Waals surface area (Å²) in [5.41, 5.74) is 4.97. The first-order chi connectivity index (χ1) is 6.73. The molecule has 6 nitrogen and oxygen atoms in total. The van der Waals surface area contributed by atoms with Gasteiger partial charge in [0.25, 0.3) is 0 Å². The molecular formula is C7H5CrNO5. The van der Waals surface area contributed by atoms with E-state index in [-0.39, 0.29) is 0 Å². The zero-order chi connectivity index (χ0) is 13.6. The second kappa shape index (κ2) is 347. The van der Waals surface area contributed by atoms with Gasteiger partial charge < -0.3 is 0 Å². The van der Waals surface area contributed by atoms with Crippen molar-refractivity contribution in [1.29, 1.82) is 0 Å². The fraction of sp³-hybridized carbons (Fsp3) is 0.143. The summed E-state index contributed by atoms with van der Waals surface area (Å²) in [5.74, 6) is 0. The molecule has 7 heteroatoms. The first kappa shape index (κ1) is 38.1. The Kier molecular flexibility index (Phi) is 945. The van der Waals surface area contributed by atoms with Crippen molar-refractivity contribution in [2.24, 2.45) is 5.73 Å². The van der Waals surface area contributed by atoms with E-state index in [2.05, 4.69) is 49.1 Å². The molecule has 0 rings (SSSR count). The van der Waals surface area contributed by atoms with Crippen LogP contribution in [-0.2, 0) is 39.1 Å². The van der Waals surface area contributed by atoms with Crippen LogP contribution >= 0.6 is 0 Å². The molecule has 14 heavy (non-hydrogen) atoms. The Bertz CT molecular complexity index is 140. The van der Waals surface area contributed by atoms with Crippen LogP contribution in [0, 0.1) is 33.3 Å². The number of hydrogen-bond acceptors (Lipinski definition) is 1. The molecule has 0 aromatic carbocycles. The zero-order valence-electron chi connectivity index (χ0n) is 7.03. The van der Waals surface area contributed by atoms with Gasteiger partial charge in [0.15, 0.2) is 0 Å². The van der Waals surface area contributed by atoms with Gasteiger partial charge in [-0.3, -0.25) is 0 Å². The number of hydrogen-bond donors (Lipinski definition) is 1. The summed E-state index contributed by atoms with van der Waals surface area (Å²) >= 11 is 2.60. The van der Waals surface area contributed by atoms with E-state index in [1.165, 1.54) is 0 Å². The van der Waals surface area contributed by atoms with Crippen molar-refractivity contribution >= 4 is 4.50 Å². The molecule has 0 aliphatic carbocycles. The zero-order valence-corrected chi connectivity index (χ0v) is 8.30. The third-order valence-electron chi connectivity index (χ3n) is 0. The van der Waals surface area contributed by atoms with E-state index in [1.807, 2.05) is 0 Å². The Balaban J connectivity index is -0.0000000143. The van der Waals surface area contributed by atoms with E-state index in [4.69, 9.17) is 29.0 Å². The second-order valence-corrected chi connectivity index (χ2v) is 1.62. The molecular weight excluding hydrogens is 230 g/mol. The molecule has 74 valence electrons. The molecule has 0 amide bonds. The van der Waals surface area contributed by atoms with E-state index in [0.29, 0.717) is 0 Å². The van der Waals surface area contributed by atoms with Crippen molar-refractivity contribution in [2.75, 3.05) is 0 Å². The molecule has 0 saturated heterocycles. The second-order valence-electron chi connectivity index (χ2n) is 0.611. The summed E-state index contributed by atoms with van der Waals surface area (Å²) in [6, 6.07) is 0. The summed E-state index contributed by atoms with van der Waals surface area (Å²) in [7, 11) is 0. The van der Waals surface area contributed by atoms with Crippen molar-refractivity contribution in [3.05, 3.63) is 33.3 Å². The Morgan fingerprint density at radius 2 is 0.786 bits per heavy atom. The molecule has 0 fully saturated rings. The number of rotatable bonds is 0. The van der Waals surface area contributed by atoms with Gasteiger partial charge in [-0.1, -0.05) is 0 Å². The summed E-state index contributed by atoms with van der Waals surface area (Å²) < 4.78 is 38.3. The maximum atomic E-state index is 7.50. The van der Waals surface area contributed by atoms with Gasteiger partial charge >= 0.3 is 89.5 Å². The minimum absolute atomic E-state index is 0.792. The van der Waals surface area contributed by atoms with Crippen LogP contribution in [0.2, 0.25) is 0 Å². The molecule has 0 aliphatic rings. The molecule has 0 aliphatic heterocycles. The summed E-state index contributed by atoms with van der Waals surface area (Å²) in [4.78, 5) is 0. The van der Waals surface area contributed by atoms with Crippen LogP contribution in [0.1, 0.15) is 6.92 Å². The third kappa shape index (κ3) is 1270. The summed E-state index contributed by atoms with van der Waals surface area (Å²) in [5, 5.41) is 0. The normalized spacial score (nSPS) is 2.57. The van der Waals surface area contributed by atoms with Crippen LogP contribution in [0.15, 0.2) is 0 Å². The Morgan fingerprint density at radius 3 is 0.786 bits per heavy atom. The van der Waals surface area contributed by atoms with Gasteiger partial charge in [0.1, 0.15) is 0 Å². The fourth-order valence-corrected chi connectivity index (χ4v) is 0. The first-order valence-electron chi connectivity index (χ1n) is 2.01. The topological polar surface area (TPSA) is 126 Å². The Labute approximate surface area is 90.0 Å². The van der Waals surface area contributed by atoms with Gasteiger partial charge in [-0.2, -0.15) is 0 Å². The van der Waals surface area contributed by atoms with Crippen LogP contribution in [0.3, 0.4) is 0 Å². The van der Waals surface area contributed by atoms with Gasteiger partial charge in [-0.05, 0) is 0 Å². The number of nitrogens with two attached hydrogens (primary N) is 1. The molecule has 0 spiro atoms. The van der Waals surface area contributed by atoms with Crippen LogP contribution in [0.4, 0.5) is 0 Å². The van der Waals surface area contributed by atoms with Gasteiger partial charge in [0.2, 0.25) is 0 Å². The molecule has 0 aromatic heterocycles. The standard InChI is InChI=1S/C2H5N.5CO.Cr/c1-2-3;5*1-2;/h3H2,1H3;;;;;;. The van der Waals surface area contributed by atoms with Crippen molar-refractivity contribution in [3.8, 4) is 0 Å². The van der Waals surface area contributed by atoms with Crippen LogP contribution in [-0.4, -0.2) is 4.50 Å². The van der Waals surface area contributed by atoms with E-state index in [9.17, 15) is 0 Å². The third-order valence-corrected chi connectivity index (χ3v) is 0. The van der Waals surface area contributed by atoms with Gasteiger partial charge in [-0.15, -0.1) is 0 Å². The van der Waals surface area contributed by atoms with Crippen molar-refractivity contribution in [1.82, 2.24) is 0 Å². The average Bonchev–Trinajstić information content (AvgIpc) is 2.30. The van der Waals surface area contributed by atoms with Gasteiger partial charge in [0, 0.05) is 0 Å². The quantitative estimate of drug-likeness (QED) is 0.439. The fourth-order valence-electron chi connectivity index (χ4n) is 0. The Morgan fingerprint density at radius 1 is 0.786 bits per heavy atom. The molecule has 0 aromatic rings. The van der Waals surface area contributed by atoms with Crippen LogP contribution < -0.4 is 5.73 Å². The molecule has 0 heterocycles. The summed E-state index contributed by atoms with van der Waals surface area (Å²) in [6.45, 7) is 24.3. The van der Waals surface area contributed by atoms with Crippen LogP contribution in [0.25, 0.3) is 0 Å². The first-order valence-corrected chi connectivity index (χ1v) is 2.65. The molecule has 2 N–H and O–H groups in total. The SMILES string of the molecule is C[C](N)=[Cr].[C-]#[O+].[C-]#[O+].[C-]#[O+].[C-]#[O+].[C-]#[O+]. The van der Waals surface area contributed by atoms with E-state index in [1.54, 1.807) is 6.92 Å². The summed E-state index contributed by atoms with van der Waals surface area (Å²) in [6.07, 6.45) is 0. The predicted octanol–water partition coefficient (Wildman–Crippen LogP) is -0.546. The molecule has 0 radical (unpaired) electrons. The molecule has 0 atom stereocenters. The van der Waals surface area contributed by atoms with Crippen molar-refractivity contribution in [2.45, 2.75) is 6.92 Å². The van der Waals surface area contributed by atoms with Crippen LogP contribution in [0.5, 0.6) is 0 Å². The Hall–Kier alpha value is -0.938. The molecule has 0 unspecified atom stereocenters. The van der Waals surface area contributed by atoms with E-state index in [0.717, 1.165) is 4.50 Å². The van der Waals surface area contributed by atoms with E-state index >= 15 is 0 Å². The predicted molar refractivity (Wildman–Crippen MR) is 34.5 cm³/mol. The monoisotopic (exact) mass is 235 g/mol. The van der Waals surface area contributed by atoms with Gasteiger partial charge in [-0.25, -0.2) is 0 Å². The van der Waals surface area contributed by atoms with E-state index < -0.39 is 0 Å². The minimum atomic E-state index is 0.792. The molecule has 0 bridgehead atoms.